The monoisotopic (exact) mass is 245 g/mol. The third-order valence-corrected chi connectivity index (χ3v) is 3.64. The lowest BCUT2D eigenvalue weighted by atomic mass is 10.0. The standard InChI is InChI=1S/C15H23N3/c1-4-8-12(16)14(5-2)18-11(3)17-13-9-6-7-10-15(13)18/h6-7,9-10,12,14H,4-5,8,16H2,1-3H3. The van der Waals surface area contributed by atoms with Gasteiger partial charge in [-0.3, -0.25) is 0 Å². The molecule has 0 radical (unpaired) electrons. The number of nitrogens with two attached hydrogens (primary N) is 1. The van der Waals surface area contributed by atoms with Crippen molar-refractivity contribution in [3.8, 4) is 0 Å². The first-order valence-corrected chi connectivity index (χ1v) is 6.88. The molecule has 0 spiro atoms. The minimum absolute atomic E-state index is 0.205. The molecule has 0 amide bonds. The van der Waals surface area contributed by atoms with E-state index in [1.165, 1.54) is 5.52 Å². The molecule has 98 valence electrons. The van der Waals surface area contributed by atoms with Gasteiger partial charge >= 0.3 is 0 Å². The van der Waals surface area contributed by atoms with Gasteiger partial charge in [-0.25, -0.2) is 4.98 Å². The highest BCUT2D eigenvalue weighted by Gasteiger charge is 2.21. The fourth-order valence-electron chi connectivity index (χ4n) is 2.79. The Balaban J connectivity index is 2.47. The molecule has 3 heteroatoms. The van der Waals surface area contributed by atoms with Crippen LogP contribution in [0.3, 0.4) is 0 Å². The van der Waals surface area contributed by atoms with Crippen LogP contribution in [0, 0.1) is 6.92 Å². The van der Waals surface area contributed by atoms with Crippen molar-refractivity contribution in [2.75, 3.05) is 0 Å². The molecule has 18 heavy (non-hydrogen) atoms. The van der Waals surface area contributed by atoms with Gasteiger partial charge in [0.15, 0.2) is 0 Å². The molecule has 2 atom stereocenters. The Morgan fingerprint density at radius 1 is 1.28 bits per heavy atom. The van der Waals surface area contributed by atoms with E-state index >= 15 is 0 Å². The van der Waals surface area contributed by atoms with E-state index in [4.69, 9.17) is 5.73 Å². The van der Waals surface area contributed by atoms with E-state index < -0.39 is 0 Å². The second kappa shape index (κ2) is 5.53. The molecule has 1 aromatic carbocycles. The molecule has 2 aromatic rings. The Hall–Kier alpha value is -1.35. The molecular formula is C15H23N3. The van der Waals surface area contributed by atoms with Gasteiger partial charge in [0.2, 0.25) is 0 Å². The van der Waals surface area contributed by atoms with Crippen molar-refractivity contribution in [1.82, 2.24) is 9.55 Å². The second-order valence-corrected chi connectivity index (χ2v) is 4.95. The number of rotatable bonds is 5. The van der Waals surface area contributed by atoms with Gasteiger partial charge in [-0.1, -0.05) is 32.4 Å². The van der Waals surface area contributed by atoms with Crippen LogP contribution in [-0.2, 0) is 0 Å². The highest BCUT2D eigenvalue weighted by Crippen LogP contribution is 2.26. The van der Waals surface area contributed by atoms with Gasteiger partial charge in [-0.15, -0.1) is 0 Å². The molecule has 0 fully saturated rings. The van der Waals surface area contributed by atoms with Gasteiger partial charge in [0.1, 0.15) is 5.82 Å². The minimum atomic E-state index is 0.205. The van der Waals surface area contributed by atoms with Crippen molar-refractivity contribution >= 4 is 11.0 Å². The molecule has 0 aliphatic carbocycles. The largest absolute Gasteiger partial charge is 0.326 e. The lowest BCUT2D eigenvalue weighted by molar-refractivity contribution is 0.380. The average molecular weight is 245 g/mol. The molecule has 0 saturated carbocycles. The zero-order valence-corrected chi connectivity index (χ0v) is 11.6. The summed E-state index contributed by atoms with van der Waals surface area (Å²) in [6.45, 7) is 6.46. The van der Waals surface area contributed by atoms with E-state index in [1.807, 2.05) is 6.07 Å². The smallest absolute Gasteiger partial charge is 0.107 e. The maximum absolute atomic E-state index is 6.34. The lowest BCUT2D eigenvalue weighted by Gasteiger charge is -2.25. The maximum Gasteiger partial charge on any atom is 0.107 e. The molecule has 2 N–H and O–H groups in total. The summed E-state index contributed by atoms with van der Waals surface area (Å²) < 4.78 is 2.32. The number of imidazole rings is 1. The summed E-state index contributed by atoms with van der Waals surface area (Å²) in [4.78, 5) is 4.63. The van der Waals surface area contributed by atoms with Crippen LogP contribution in [0.1, 0.15) is 45.0 Å². The van der Waals surface area contributed by atoms with Crippen LogP contribution in [0.15, 0.2) is 24.3 Å². The summed E-state index contributed by atoms with van der Waals surface area (Å²) in [5, 5.41) is 0. The number of aryl methyl sites for hydroxylation is 1. The van der Waals surface area contributed by atoms with Gasteiger partial charge in [0, 0.05) is 6.04 Å². The van der Waals surface area contributed by atoms with Gasteiger partial charge in [-0.2, -0.15) is 0 Å². The van der Waals surface area contributed by atoms with Crippen LogP contribution in [0.5, 0.6) is 0 Å². The van der Waals surface area contributed by atoms with E-state index in [1.54, 1.807) is 0 Å². The van der Waals surface area contributed by atoms with Gasteiger partial charge < -0.3 is 10.3 Å². The van der Waals surface area contributed by atoms with Crippen molar-refractivity contribution in [1.29, 1.82) is 0 Å². The summed E-state index contributed by atoms with van der Waals surface area (Å²) in [7, 11) is 0. The average Bonchev–Trinajstić information content (AvgIpc) is 2.68. The van der Waals surface area contributed by atoms with E-state index in [2.05, 4.69) is 48.5 Å². The predicted molar refractivity (Wildman–Crippen MR) is 76.7 cm³/mol. The molecule has 2 unspecified atom stereocenters. The van der Waals surface area contributed by atoms with Crippen LogP contribution in [0.25, 0.3) is 11.0 Å². The summed E-state index contributed by atoms with van der Waals surface area (Å²) in [6, 6.07) is 8.85. The van der Waals surface area contributed by atoms with Gasteiger partial charge in [0.25, 0.3) is 0 Å². The predicted octanol–water partition coefficient (Wildman–Crippen LogP) is 3.42. The lowest BCUT2D eigenvalue weighted by Crippen LogP contribution is -2.32. The number of hydrogen-bond donors (Lipinski definition) is 1. The van der Waals surface area contributed by atoms with Crippen molar-refractivity contribution in [3.05, 3.63) is 30.1 Å². The normalized spacial score (nSPS) is 14.9. The van der Waals surface area contributed by atoms with Crippen molar-refractivity contribution in [2.24, 2.45) is 5.73 Å². The third kappa shape index (κ3) is 2.27. The maximum atomic E-state index is 6.34. The number of benzene rings is 1. The van der Waals surface area contributed by atoms with E-state index in [9.17, 15) is 0 Å². The van der Waals surface area contributed by atoms with Crippen molar-refractivity contribution < 1.29 is 0 Å². The molecule has 0 saturated heterocycles. The number of aromatic nitrogens is 2. The third-order valence-electron chi connectivity index (χ3n) is 3.64. The molecular weight excluding hydrogens is 222 g/mol. The summed E-state index contributed by atoms with van der Waals surface area (Å²) in [6.07, 6.45) is 3.23. The molecule has 0 aliphatic rings. The van der Waals surface area contributed by atoms with Crippen molar-refractivity contribution in [2.45, 2.75) is 52.1 Å². The van der Waals surface area contributed by atoms with E-state index in [0.717, 1.165) is 30.6 Å². The fourth-order valence-corrected chi connectivity index (χ4v) is 2.79. The highest BCUT2D eigenvalue weighted by molar-refractivity contribution is 5.76. The Morgan fingerprint density at radius 2 is 2.00 bits per heavy atom. The molecule has 3 nitrogen and oxygen atoms in total. The zero-order valence-electron chi connectivity index (χ0n) is 11.6. The Kier molecular flexibility index (Phi) is 4.02. The summed E-state index contributed by atoms with van der Waals surface area (Å²) >= 11 is 0. The van der Waals surface area contributed by atoms with Gasteiger partial charge in [-0.05, 0) is 31.9 Å². The Bertz CT molecular complexity index is 515. The van der Waals surface area contributed by atoms with E-state index in [-0.39, 0.29) is 6.04 Å². The first-order valence-electron chi connectivity index (χ1n) is 6.88. The quantitative estimate of drug-likeness (QED) is 0.877. The summed E-state index contributed by atoms with van der Waals surface area (Å²) in [5.41, 5.74) is 8.61. The SMILES string of the molecule is CCCC(N)C(CC)n1c(C)nc2ccccc21. The zero-order chi connectivity index (χ0) is 13.1. The highest BCUT2D eigenvalue weighted by atomic mass is 15.1. The van der Waals surface area contributed by atoms with Crippen LogP contribution in [-0.4, -0.2) is 15.6 Å². The van der Waals surface area contributed by atoms with Crippen LogP contribution < -0.4 is 5.73 Å². The molecule has 1 heterocycles. The minimum Gasteiger partial charge on any atom is -0.326 e. The number of para-hydroxylation sites is 2. The van der Waals surface area contributed by atoms with Crippen LogP contribution in [0.2, 0.25) is 0 Å². The molecule has 2 rings (SSSR count). The molecule has 0 aliphatic heterocycles. The van der Waals surface area contributed by atoms with Gasteiger partial charge in [0.05, 0.1) is 17.1 Å². The van der Waals surface area contributed by atoms with Crippen molar-refractivity contribution in [3.63, 3.8) is 0 Å². The number of nitrogens with zero attached hydrogens (tertiary/aromatic N) is 2. The second-order valence-electron chi connectivity index (χ2n) is 4.95. The number of hydrogen-bond acceptors (Lipinski definition) is 2. The Morgan fingerprint density at radius 3 is 2.67 bits per heavy atom. The number of fused-ring (bicyclic) bond motifs is 1. The molecule has 0 bridgehead atoms. The van der Waals surface area contributed by atoms with Crippen LogP contribution >= 0.6 is 0 Å². The summed E-state index contributed by atoms with van der Waals surface area (Å²) in [5.74, 6) is 1.06. The molecule has 1 aromatic heterocycles. The first kappa shape index (κ1) is 13.1. The Labute approximate surface area is 109 Å². The fraction of sp³-hybridized carbons (Fsp3) is 0.533. The van der Waals surface area contributed by atoms with Crippen LogP contribution in [0.4, 0.5) is 0 Å². The topological polar surface area (TPSA) is 43.8 Å². The van der Waals surface area contributed by atoms with E-state index in [0.29, 0.717) is 6.04 Å². The first-order chi connectivity index (χ1) is 8.69.